The Morgan fingerprint density at radius 1 is 1.07 bits per heavy atom. The lowest BCUT2D eigenvalue weighted by atomic mass is 10.1. The molecule has 1 aromatic heterocycles. The van der Waals surface area contributed by atoms with Crippen molar-refractivity contribution in [3.05, 3.63) is 64.6 Å². The van der Waals surface area contributed by atoms with Crippen LogP contribution < -0.4 is 10.7 Å². The zero-order chi connectivity index (χ0) is 19.2. The molecule has 0 aliphatic rings. The third-order valence-electron chi connectivity index (χ3n) is 4.60. The van der Waals surface area contributed by atoms with Crippen molar-refractivity contribution in [3.8, 4) is 0 Å². The van der Waals surface area contributed by atoms with Gasteiger partial charge in [0.15, 0.2) is 5.58 Å². The molecule has 0 atom stereocenters. The lowest BCUT2D eigenvalue weighted by molar-refractivity contribution is -0.145. The number of fused-ring (bicyclic) bond motifs is 1. The minimum Gasteiger partial charge on any atom is -0.461 e. The summed E-state index contributed by atoms with van der Waals surface area (Å²) in [6, 6.07) is 15.1. The zero-order valence-corrected chi connectivity index (χ0v) is 15.7. The fourth-order valence-electron chi connectivity index (χ4n) is 3.16. The van der Waals surface area contributed by atoms with Crippen molar-refractivity contribution in [2.75, 3.05) is 18.0 Å². The average Bonchev–Trinajstić information content (AvgIpc) is 3.01. The quantitative estimate of drug-likeness (QED) is 0.569. The second-order valence-electron chi connectivity index (χ2n) is 6.20. The predicted molar refractivity (Wildman–Crippen MR) is 105 cm³/mol. The van der Waals surface area contributed by atoms with Crippen molar-refractivity contribution in [1.29, 1.82) is 0 Å². The number of carbonyl (C=O) groups excluding carboxylic acids is 1. The molecule has 0 spiro atoms. The molecule has 3 rings (SSSR count). The highest BCUT2D eigenvalue weighted by Crippen LogP contribution is 2.21. The van der Waals surface area contributed by atoms with E-state index >= 15 is 0 Å². The topological polar surface area (TPSA) is 64.7 Å². The maximum absolute atomic E-state index is 12.2. The summed E-state index contributed by atoms with van der Waals surface area (Å²) in [7, 11) is 0. The van der Waals surface area contributed by atoms with E-state index in [-0.39, 0.29) is 25.5 Å². The molecule has 0 amide bonds. The number of ether oxygens (including phenoxy) is 1. The zero-order valence-electron chi connectivity index (χ0n) is 15.7. The van der Waals surface area contributed by atoms with Crippen molar-refractivity contribution in [2.24, 2.45) is 0 Å². The van der Waals surface area contributed by atoms with Crippen LogP contribution in [0.1, 0.15) is 25.8 Å². The Balaban J connectivity index is 1.62. The standard InChI is InChI=1S/C21H24N2O4/c1-3-22(4-2)17-10-6-5-9-16(17)15-26-20(24)13-14-23-18-11-7-8-12-19(18)27-21(23)25/h5-12H,3-4,13-15H2,1-2H3. The van der Waals surface area contributed by atoms with E-state index in [1.54, 1.807) is 18.2 Å². The largest absolute Gasteiger partial charge is 0.461 e. The fourth-order valence-corrected chi connectivity index (χ4v) is 3.16. The van der Waals surface area contributed by atoms with Crippen LogP contribution in [0.4, 0.5) is 5.69 Å². The monoisotopic (exact) mass is 368 g/mol. The lowest BCUT2D eigenvalue weighted by Gasteiger charge is -2.24. The molecule has 0 aliphatic heterocycles. The Morgan fingerprint density at radius 2 is 1.78 bits per heavy atom. The highest BCUT2D eigenvalue weighted by atomic mass is 16.5. The molecule has 0 unspecified atom stereocenters. The van der Waals surface area contributed by atoms with Gasteiger partial charge in [-0.2, -0.15) is 0 Å². The summed E-state index contributed by atoms with van der Waals surface area (Å²) >= 11 is 0. The van der Waals surface area contributed by atoms with Crippen molar-refractivity contribution in [1.82, 2.24) is 4.57 Å². The third kappa shape index (κ3) is 4.22. The van der Waals surface area contributed by atoms with E-state index in [4.69, 9.17) is 9.15 Å². The fraction of sp³-hybridized carbons (Fsp3) is 0.333. The number of anilines is 1. The Bertz CT molecular complexity index is 969. The lowest BCUT2D eigenvalue weighted by Crippen LogP contribution is -2.23. The number of aromatic nitrogens is 1. The molecule has 0 fully saturated rings. The second-order valence-corrected chi connectivity index (χ2v) is 6.20. The third-order valence-corrected chi connectivity index (χ3v) is 4.60. The van der Waals surface area contributed by atoms with Gasteiger partial charge < -0.3 is 14.1 Å². The van der Waals surface area contributed by atoms with E-state index in [2.05, 4.69) is 18.7 Å². The van der Waals surface area contributed by atoms with E-state index in [9.17, 15) is 9.59 Å². The highest BCUT2D eigenvalue weighted by molar-refractivity contribution is 5.73. The SMILES string of the molecule is CCN(CC)c1ccccc1COC(=O)CCn1c(=O)oc2ccccc21. The Labute approximate surface area is 158 Å². The van der Waals surface area contributed by atoms with Gasteiger partial charge in [0.2, 0.25) is 0 Å². The van der Waals surface area contributed by atoms with Gasteiger partial charge >= 0.3 is 11.7 Å². The minimum absolute atomic E-state index is 0.108. The number of hydrogen-bond donors (Lipinski definition) is 0. The van der Waals surface area contributed by atoms with Crippen LogP contribution in [0.5, 0.6) is 0 Å². The molecule has 0 bridgehead atoms. The van der Waals surface area contributed by atoms with E-state index < -0.39 is 5.76 Å². The smallest absolute Gasteiger partial charge is 0.419 e. The van der Waals surface area contributed by atoms with E-state index in [0.29, 0.717) is 11.1 Å². The molecule has 0 aliphatic carbocycles. The van der Waals surface area contributed by atoms with Crippen molar-refractivity contribution < 1.29 is 13.9 Å². The van der Waals surface area contributed by atoms with Crippen LogP contribution in [0.25, 0.3) is 11.1 Å². The van der Waals surface area contributed by atoms with Gasteiger partial charge in [-0.15, -0.1) is 0 Å². The van der Waals surface area contributed by atoms with Gasteiger partial charge in [-0.3, -0.25) is 9.36 Å². The number of oxazole rings is 1. The number of carbonyl (C=O) groups is 1. The van der Waals surface area contributed by atoms with E-state index in [1.807, 2.05) is 30.3 Å². The van der Waals surface area contributed by atoms with Gasteiger partial charge in [0.1, 0.15) is 6.61 Å². The number of rotatable bonds is 8. The van der Waals surface area contributed by atoms with Gasteiger partial charge in [-0.05, 0) is 32.0 Å². The van der Waals surface area contributed by atoms with Crippen LogP contribution in [0, 0.1) is 0 Å². The first-order valence-corrected chi connectivity index (χ1v) is 9.20. The first kappa shape index (κ1) is 18.8. The molecular formula is C21H24N2O4. The molecule has 1 heterocycles. The molecule has 3 aromatic rings. The number of para-hydroxylation sites is 3. The van der Waals surface area contributed by atoms with Crippen LogP contribution in [-0.4, -0.2) is 23.6 Å². The number of nitrogens with zero attached hydrogens (tertiary/aromatic N) is 2. The van der Waals surface area contributed by atoms with Crippen molar-refractivity contribution in [2.45, 2.75) is 33.4 Å². The summed E-state index contributed by atoms with van der Waals surface area (Å²) in [5, 5.41) is 0. The van der Waals surface area contributed by atoms with Gasteiger partial charge in [0.25, 0.3) is 0 Å². The maximum Gasteiger partial charge on any atom is 0.419 e. The van der Waals surface area contributed by atoms with Gasteiger partial charge in [-0.25, -0.2) is 4.79 Å². The summed E-state index contributed by atoms with van der Waals surface area (Å²) < 4.78 is 12.1. The van der Waals surface area contributed by atoms with Gasteiger partial charge in [-0.1, -0.05) is 30.3 Å². The Morgan fingerprint density at radius 3 is 2.56 bits per heavy atom. The van der Waals surface area contributed by atoms with Gasteiger partial charge in [0, 0.05) is 30.9 Å². The molecular weight excluding hydrogens is 344 g/mol. The van der Waals surface area contributed by atoms with E-state index in [1.165, 1.54) is 4.57 Å². The molecule has 6 heteroatoms. The number of benzene rings is 2. The maximum atomic E-state index is 12.2. The van der Waals surface area contributed by atoms with Crippen LogP contribution in [0.3, 0.4) is 0 Å². The molecule has 0 radical (unpaired) electrons. The molecule has 6 nitrogen and oxygen atoms in total. The Kier molecular flexibility index (Phi) is 5.96. The molecule has 0 N–H and O–H groups in total. The van der Waals surface area contributed by atoms with Crippen molar-refractivity contribution in [3.63, 3.8) is 0 Å². The number of esters is 1. The first-order chi connectivity index (χ1) is 13.1. The summed E-state index contributed by atoms with van der Waals surface area (Å²) in [5.41, 5.74) is 3.25. The summed E-state index contributed by atoms with van der Waals surface area (Å²) in [6.45, 7) is 6.41. The van der Waals surface area contributed by atoms with Gasteiger partial charge in [0.05, 0.1) is 11.9 Å². The number of hydrogen-bond acceptors (Lipinski definition) is 5. The molecule has 2 aromatic carbocycles. The highest BCUT2D eigenvalue weighted by Gasteiger charge is 2.13. The van der Waals surface area contributed by atoms with Crippen molar-refractivity contribution >= 4 is 22.8 Å². The molecule has 0 saturated heterocycles. The first-order valence-electron chi connectivity index (χ1n) is 9.20. The van der Waals surface area contributed by atoms with Crippen LogP contribution in [-0.2, 0) is 22.7 Å². The summed E-state index contributed by atoms with van der Waals surface area (Å²) in [4.78, 5) is 26.4. The predicted octanol–water partition coefficient (Wildman–Crippen LogP) is 3.57. The molecule has 27 heavy (non-hydrogen) atoms. The summed E-state index contributed by atoms with van der Waals surface area (Å²) in [5.74, 6) is -0.808. The van der Waals surface area contributed by atoms with Crippen LogP contribution in [0.15, 0.2) is 57.7 Å². The second kappa shape index (κ2) is 8.58. The van der Waals surface area contributed by atoms with Crippen LogP contribution in [0.2, 0.25) is 0 Å². The molecule has 0 saturated carbocycles. The Hall–Kier alpha value is -3.02. The molecule has 142 valence electrons. The number of aryl methyl sites for hydroxylation is 1. The average molecular weight is 368 g/mol. The van der Waals surface area contributed by atoms with E-state index in [0.717, 1.165) is 24.3 Å². The van der Waals surface area contributed by atoms with Crippen LogP contribution >= 0.6 is 0 Å². The normalized spacial score (nSPS) is 10.9. The minimum atomic E-state index is -0.462. The summed E-state index contributed by atoms with van der Waals surface area (Å²) in [6.07, 6.45) is 0.108.